The number of rotatable bonds is 5. The van der Waals surface area contributed by atoms with Crippen molar-refractivity contribution in [3.8, 4) is 5.75 Å². The number of fused-ring (bicyclic) bond motifs is 1. The number of carbonyl (C=O) groups is 1. The van der Waals surface area contributed by atoms with Gasteiger partial charge in [0.1, 0.15) is 5.75 Å². The second-order valence-electron chi connectivity index (χ2n) is 9.11. The largest absolute Gasteiger partial charge is 0.511 e. The second kappa shape index (κ2) is 7.58. The van der Waals surface area contributed by atoms with Crippen molar-refractivity contribution in [1.29, 1.82) is 0 Å². The second-order valence-corrected chi connectivity index (χ2v) is 9.11. The van der Waals surface area contributed by atoms with E-state index in [9.17, 15) is 4.79 Å². The Labute approximate surface area is 167 Å². The van der Waals surface area contributed by atoms with Gasteiger partial charge in [0.15, 0.2) is 0 Å². The molecule has 1 aromatic rings. The summed E-state index contributed by atoms with van der Waals surface area (Å²) in [5.74, 6) is 2.06. The molecular weight excluding hydrogens is 354 g/mol. The van der Waals surface area contributed by atoms with Crippen LogP contribution in [0.1, 0.15) is 62.5 Å². The molecule has 3 fully saturated rings. The molecule has 5 rings (SSSR count). The van der Waals surface area contributed by atoms with Crippen LogP contribution < -0.4 is 10.1 Å². The molecule has 4 aliphatic rings. The lowest BCUT2D eigenvalue weighted by Crippen LogP contribution is -2.59. The quantitative estimate of drug-likeness (QED) is 0.604. The molecule has 0 unspecified atom stereocenters. The third-order valence-electron chi connectivity index (χ3n) is 7.68. The number of piperidine rings is 1. The number of carbonyl (C=O) groups excluding carboxylic acids is 1. The molecule has 2 saturated carbocycles. The van der Waals surface area contributed by atoms with E-state index in [1.165, 1.54) is 49.7 Å². The van der Waals surface area contributed by atoms with Crippen LogP contribution in [-0.4, -0.2) is 32.1 Å². The third kappa shape index (κ3) is 3.28. The van der Waals surface area contributed by atoms with E-state index in [0.29, 0.717) is 24.0 Å². The number of benzene rings is 1. The maximum absolute atomic E-state index is 11.7. The van der Waals surface area contributed by atoms with Gasteiger partial charge < -0.3 is 19.5 Å². The third-order valence-corrected chi connectivity index (χ3v) is 7.68. The highest BCUT2D eigenvalue weighted by Gasteiger charge is 2.51. The summed E-state index contributed by atoms with van der Waals surface area (Å²) in [6.45, 7) is 1.49. The minimum Gasteiger partial charge on any atom is -0.457 e. The van der Waals surface area contributed by atoms with Crippen molar-refractivity contribution in [3.63, 3.8) is 0 Å². The Morgan fingerprint density at radius 3 is 2.89 bits per heavy atom. The summed E-state index contributed by atoms with van der Waals surface area (Å²) in [5, 5.41) is 3.77. The fraction of sp³-hybridized carbons (Fsp3) is 0.696. The van der Waals surface area contributed by atoms with Crippen LogP contribution in [0.5, 0.6) is 5.75 Å². The molecule has 1 heterocycles. The van der Waals surface area contributed by atoms with Crippen molar-refractivity contribution in [2.45, 2.75) is 69.2 Å². The molecule has 0 amide bonds. The summed E-state index contributed by atoms with van der Waals surface area (Å²) < 4.78 is 16.0. The van der Waals surface area contributed by atoms with Gasteiger partial charge in [-0.1, -0.05) is 25.3 Å². The highest BCUT2D eigenvalue weighted by Crippen LogP contribution is 2.54. The van der Waals surface area contributed by atoms with Crippen molar-refractivity contribution in [2.24, 2.45) is 11.8 Å². The summed E-state index contributed by atoms with van der Waals surface area (Å²) >= 11 is 0. The van der Waals surface area contributed by atoms with Gasteiger partial charge in [-0.05, 0) is 80.2 Å². The van der Waals surface area contributed by atoms with E-state index in [1.54, 1.807) is 0 Å². The zero-order chi connectivity index (χ0) is 19.0. The van der Waals surface area contributed by atoms with Crippen molar-refractivity contribution in [3.05, 3.63) is 29.3 Å². The van der Waals surface area contributed by atoms with E-state index in [2.05, 4.69) is 17.4 Å². The van der Waals surface area contributed by atoms with E-state index in [-0.39, 0.29) is 6.79 Å². The summed E-state index contributed by atoms with van der Waals surface area (Å²) in [5.41, 5.74) is 3.26. The molecule has 28 heavy (non-hydrogen) atoms. The molecule has 0 spiro atoms. The topological polar surface area (TPSA) is 56.8 Å². The molecule has 3 aliphatic carbocycles. The minimum absolute atomic E-state index is 0.0943. The molecule has 1 aliphatic heterocycles. The molecular formula is C23H31NO4. The van der Waals surface area contributed by atoms with Crippen molar-refractivity contribution < 1.29 is 19.0 Å². The van der Waals surface area contributed by atoms with Gasteiger partial charge >= 0.3 is 6.16 Å². The van der Waals surface area contributed by atoms with Crippen LogP contribution in [0.2, 0.25) is 0 Å². The molecule has 1 N–H and O–H groups in total. The van der Waals surface area contributed by atoms with Gasteiger partial charge in [0.25, 0.3) is 0 Å². The summed E-state index contributed by atoms with van der Waals surface area (Å²) in [7, 11) is 0. The fourth-order valence-corrected chi connectivity index (χ4v) is 6.03. The van der Waals surface area contributed by atoms with Crippen LogP contribution in [0.4, 0.5) is 4.79 Å². The Morgan fingerprint density at radius 2 is 2.04 bits per heavy atom. The van der Waals surface area contributed by atoms with E-state index >= 15 is 0 Å². The Morgan fingerprint density at radius 1 is 1.11 bits per heavy atom. The van der Waals surface area contributed by atoms with Crippen LogP contribution in [0.25, 0.3) is 0 Å². The van der Waals surface area contributed by atoms with Gasteiger partial charge in [0.2, 0.25) is 6.79 Å². The van der Waals surface area contributed by atoms with E-state index < -0.39 is 6.16 Å². The first-order valence-electron chi connectivity index (χ1n) is 11.0. The Balaban J connectivity index is 1.23. The average Bonchev–Trinajstić information content (AvgIpc) is 2.67. The lowest BCUT2D eigenvalue weighted by atomic mass is 9.53. The Hall–Kier alpha value is -1.75. The number of ether oxygens (including phenoxy) is 3. The number of nitrogens with one attached hydrogen (secondary N) is 1. The first-order valence-corrected chi connectivity index (χ1v) is 11.0. The maximum atomic E-state index is 11.7. The van der Waals surface area contributed by atoms with Crippen molar-refractivity contribution >= 4 is 6.16 Å². The van der Waals surface area contributed by atoms with E-state index in [1.807, 2.05) is 6.07 Å². The molecule has 1 aromatic carbocycles. The zero-order valence-electron chi connectivity index (χ0n) is 16.6. The molecule has 1 saturated heterocycles. The summed E-state index contributed by atoms with van der Waals surface area (Å²) in [4.78, 5) is 11.7. The molecule has 152 valence electrons. The maximum Gasteiger partial charge on any atom is 0.511 e. The van der Waals surface area contributed by atoms with Gasteiger partial charge in [-0.2, -0.15) is 0 Å². The summed E-state index contributed by atoms with van der Waals surface area (Å²) in [6.07, 6.45) is 10.5. The van der Waals surface area contributed by atoms with Crippen LogP contribution in [0.3, 0.4) is 0 Å². The SMILES string of the molecule is O=C(OCOc1ccc2c(c1)[C@@]13CCCC[C@H]1[C@@H](C2)NCC3)OCC1CCC1. The predicted octanol–water partition coefficient (Wildman–Crippen LogP) is 4.32. The minimum atomic E-state index is -0.628. The zero-order valence-corrected chi connectivity index (χ0v) is 16.6. The Bertz CT molecular complexity index is 727. The van der Waals surface area contributed by atoms with Gasteiger partial charge in [-0.25, -0.2) is 4.79 Å². The molecule has 2 bridgehead atoms. The van der Waals surface area contributed by atoms with Gasteiger partial charge in [0.05, 0.1) is 6.61 Å². The lowest BCUT2D eigenvalue weighted by Gasteiger charge is -2.56. The monoisotopic (exact) mass is 385 g/mol. The number of hydrogen-bond donors (Lipinski definition) is 1. The fourth-order valence-electron chi connectivity index (χ4n) is 6.03. The van der Waals surface area contributed by atoms with Crippen LogP contribution in [0, 0.1) is 11.8 Å². The van der Waals surface area contributed by atoms with Crippen molar-refractivity contribution in [1.82, 2.24) is 5.32 Å². The molecule has 0 radical (unpaired) electrons. The number of hydrogen-bond acceptors (Lipinski definition) is 5. The highest BCUT2D eigenvalue weighted by atomic mass is 16.8. The molecule has 0 aromatic heterocycles. The first kappa shape index (κ1) is 18.3. The normalized spacial score (nSPS) is 31.1. The summed E-state index contributed by atoms with van der Waals surface area (Å²) in [6, 6.07) is 7.07. The predicted molar refractivity (Wildman–Crippen MR) is 105 cm³/mol. The van der Waals surface area contributed by atoms with Gasteiger partial charge in [0, 0.05) is 11.5 Å². The van der Waals surface area contributed by atoms with Crippen LogP contribution in [-0.2, 0) is 21.3 Å². The van der Waals surface area contributed by atoms with Crippen LogP contribution in [0.15, 0.2) is 18.2 Å². The first-order chi connectivity index (χ1) is 13.7. The molecule has 5 heteroatoms. The molecule has 3 atom stereocenters. The standard InChI is InChI=1S/C23H31NO4/c25-22(26-14-16-4-3-5-16)28-15-27-18-8-7-17-12-21-19-6-1-2-9-23(19,10-11-24-21)20(17)13-18/h7-8,13,16,19,21,24H,1-6,9-12,14-15H2/t19-,21+,23+/m0/s1. The lowest BCUT2D eigenvalue weighted by molar-refractivity contribution is -0.00695. The van der Waals surface area contributed by atoms with E-state index in [4.69, 9.17) is 14.2 Å². The average molecular weight is 386 g/mol. The molecule has 5 nitrogen and oxygen atoms in total. The van der Waals surface area contributed by atoms with Crippen LogP contribution >= 0.6 is 0 Å². The van der Waals surface area contributed by atoms with Gasteiger partial charge in [-0.3, -0.25) is 0 Å². The van der Waals surface area contributed by atoms with Crippen molar-refractivity contribution in [2.75, 3.05) is 19.9 Å². The van der Waals surface area contributed by atoms with Gasteiger partial charge in [-0.15, -0.1) is 0 Å². The Kier molecular flexibility index (Phi) is 4.95. The highest BCUT2D eigenvalue weighted by molar-refractivity contribution is 5.59. The smallest absolute Gasteiger partial charge is 0.457 e. The van der Waals surface area contributed by atoms with E-state index in [0.717, 1.165) is 37.5 Å².